The third kappa shape index (κ3) is 9.37. The monoisotopic (exact) mass is 366 g/mol. The number of nitrogens with zero attached hydrogens (tertiary/aromatic N) is 1. The largest absolute Gasteiger partial charge is 0.383 e. The first kappa shape index (κ1) is 23.9. The molecule has 0 aliphatic carbocycles. The molecule has 0 spiro atoms. The van der Waals surface area contributed by atoms with Gasteiger partial charge in [-0.2, -0.15) is 0 Å². The summed E-state index contributed by atoms with van der Waals surface area (Å²) < 4.78 is 4.82. The highest BCUT2D eigenvalue weighted by molar-refractivity contribution is 5.95. The van der Waals surface area contributed by atoms with Crippen LogP contribution in [0.15, 0.2) is 24.3 Å². The summed E-state index contributed by atoms with van der Waals surface area (Å²) in [5.74, 6) is -0.417. The summed E-state index contributed by atoms with van der Waals surface area (Å²) in [5.41, 5.74) is 6.90. The van der Waals surface area contributed by atoms with Gasteiger partial charge in [0.15, 0.2) is 0 Å². The second kappa shape index (κ2) is 12.1. The Kier molecular flexibility index (Phi) is 12.6. The number of halogens is 2. The van der Waals surface area contributed by atoms with Crippen LogP contribution in [-0.4, -0.2) is 57.1 Å². The van der Waals surface area contributed by atoms with Crippen LogP contribution in [0.2, 0.25) is 0 Å². The number of carbonyl (C=O) groups is 2. The van der Waals surface area contributed by atoms with Gasteiger partial charge < -0.3 is 26.0 Å². The first-order chi connectivity index (χ1) is 9.92. The van der Waals surface area contributed by atoms with Gasteiger partial charge in [-0.05, 0) is 38.4 Å². The summed E-state index contributed by atoms with van der Waals surface area (Å²) in [7, 11) is 5.13. The lowest BCUT2D eigenvalue weighted by Crippen LogP contribution is -2.39. The number of hydrogen-bond donors (Lipinski definition) is 3. The predicted molar refractivity (Wildman–Crippen MR) is 96.6 cm³/mol. The molecule has 0 bridgehead atoms. The Bertz CT molecular complexity index is 483. The van der Waals surface area contributed by atoms with Crippen LogP contribution in [-0.2, 0) is 14.3 Å². The summed E-state index contributed by atoms with van der Waals surface area (Å²) >= 11 is 0. The van der Waals surface area contributed by atoms with Gasteiger partial charge in [0.1, 0.15) is 6.04 Å². The fourth-order valence-electron chi connectivity index (χ4n) is 1.61. The van der Waals surface area contributed by atoms with Gasteiger partial charge >= 0.3 is 0 Å². The van der Waals surface area contributed by atoms with Gasteiger partial charge in [-0.15, -0.1) is 24.8 Å². The van der Waals surface area contributed by atoms with Gasteiger partial charge in [-0.25, -0.2) is 0 Å². The van der Waals surface area contributed by atoms with Crippen LogP contribution in [0.25, 0.3) is 0 Å². The third-order valence-electron chi connectivity index (χ3n) is 2.58. The number of nitrogens with two attached hydrogens (primary N) is 1. The number of nitrogens with one attached hydrogen (secondary N) is 2. The van der Waals surface area contributed by atoms with Crippen molar-refractivity contribution in [3.63, 3.8) is 0 Å². The van der Waals surface area contributed by atoms with Crippen LogP contribution in [0.5, 0.6) is 0 Å². The van der Waals surface area contributed by atoms with E-state index in [0.717, 1.165) is 0 Å². The molecule has 0 fully saturated rings. The van der Waals surface area contributed by atoms with Crippen LogP contribution < -0.4 is 16.4 Å². The molecule has 7 nitrogen and oxygen atoms in total. The number of methoxy groups -OCH3 is 1. The standard InChI is InChI=1S/C14H22N4O3.2ClH/c1-18(2)8-13(19)16-10-4-6-11(7-5-10)17-14(20)12(15)9-21-3;;/h4-7,12H,8-9,15H2,1-3H3,(H,16,19)(H,17,20);2*1H. The Morgan fingerprint density at radius 3 is 2.04 bits per heavy atom. The number of benzene rings is 1. The fourth-order valence-corrected chi connectivity index (χ4v) is 1.61. The molecule has 0 aliphatic heterocycles. The Morgan fingerprint density at radius 2 is 1.61 bits per heavy atom. The Morgan fingerprint density at radius 1 is 1.13 bits per heavy atom. The lowest BCUT2D eigenvalue weighted by Gasteiger charge is -2.12. The van der Waals surface area contributed by atoms with E-state index in [1.807, 2.05) is 14.1 Å². The SMILES string of the molecule is COCC(N)C(=O)Nc1ccc(NC(=O)CN(C)C)cc1.Cl.Cl. The Hall–Kier alpha value is -1.38. The molecule has 132 valence electrons. The van der Waals surface area contributed by atoms with Crippen molar-refractivity contribution in [2.24, 2.45) is 5.73 Å². The quantitative estimate of drug-likeness (QED) is 0.667. The van der Waals surface area contributed by atoms with Gasteiger partial charge in [0, 0.05) is 18.5 Å². The fraction of sp³-hybridized carbons (Fsp3) is 0.429. The van der Waals surface area contributed by atoms with Crippen LogP contribution in [0.1, 0.15) is 0 Å². The number of hydrogen-bond acceptors (Lipinski definition) is 5. The number of rotatable bonds is 7. The number of carbonyl (C=O) groups excluding carboxylic acids is 2. The van der Waals surface area contributed by atoms with Crippen LogP contribution in [0, 0.1) is 0 Å². The molecule has 0 saturated heterocycles. The lowest BCUT2D eigenvalue weighted by atomic mass is 10.2. The van der Waals surface area contributed by atoms with E-state index in [4.69, 9.17) is 10.5 Å². The van der Waals surface area contributed by atoms with Crippen molar-refractivity contribution >= 4 is 48.0 Å². The normalized spacial score (nSPS) is 11.0. The summed E-state index contributed by atoms with van der Waals surface area (Å²) in [6.45, 7) is 0.467. The smallest absolute Gasteiger partial charge is 0.243 e. The Balaban J connectivity index is 0. The van der Waals surface area contributed by atoms with E-state index in [1.165, 1.54) is 7.11 Å². The van der Waals surface area contributed by atoms with Crippen molar-refractivity contribution in [2.45, 2.75) is 6.04 Å². The number of anilines is 2. The Labute approximate surface area is 148 Å². The van der Waals surface area contributed by atoms with Gasteiger partial charge in [0.2, 0.25) is 11.8 Å². The molecule has 0 aromatic heterocycles. The molecule has 0 aliphatic rings. The summed E-state index contributed by atoms with van der Waals surface area (Å²) in [6.07, 6.45) is 0. The summed E-state index contributed by atoms with van der Waals surface area (Å²) in [5, 5.41) is 5.43. The van der Waals surface area contributed by atoms with Gasteiger partial charge in [-0.3, -0.25) is 9.59 Å². The third-order valence-corrected chi connectivity index (χ3v) is 2.58. The topological polar surface area (TPSA) is 96.7 Å². The highest BCUT2D eigenvalue weighted by Gasteiger charge is 2.13. The molecule has 23 heavy (non-hydrogen) atoms. The van der Waals surface area contributed by atoms with Crippen LogP contribution in [0.4, 0.5) is 11.4 Å². The minimum atomic E-state index is -0.713. The highest BCUT2D eigenvalue weighted by Crippen LogP contribution is 2.13. The number of likely N-dealkylation sites (N-methyl/N-ethyl adjacent to an activating group) is 1. The summed E-state index contributed by atoms with van der Waals surface area (Å²) in [6, 6.07) is 6.11. The molecule has 1 aromatic rings. The second-order valence-electron chi connectivity index (χ2n) is 4.91. The first-order valence-electron chi connectivity index (χ1n) is 6.52. The van der Waals surface area contributed by atoms with Gasteiger partial charge in [0.25, 0.3) is 0 Å². The van der Waals surface area contributed by atoms with Gasteiger partial charge in [-0.1, -0.05) is 0 Å². The van der Waals surface area contributed by atoms with Crippen LogP contribution >= 0.6 is 24.8 Å². The highest BCUT2D eigenvalue weighted by atomic mass is 35.5. The lowest BCUT2D eigenvalue weighted by molar-refractivity contribution is -0.118. The van der Waals surface area contributed by atoms with Gasteiger partial charge in [0.05, 0.1) is 13.2 Å². The number of amides is 2. The van der Waals surface area contributed by atoms with E-state index in [0.29, 0.717) is 17.9 Å². The van der Waals surface area contributed by atoms with E-state index in [9.17, 15) is 9.59 Å². The average Bonchev–Trinajstić information content (AvgIpc) is 2.40. The molecule has 2 amide bonds. The average molecular weight is 367 g/mol. The minimum Gasteiger partial charge on any atom is -0.383 e. The van der Waals surface area contributed by atoms with Crippen molar-refractivity contribution in [3.8, 4) is 0 Å². The van der Waals surface area contributed by atoms with Crippen LogP contribution in [0.3, 0.4) is 0 Å². The molecular formula is C14H24Cl2N4O3. The summed E-state index contributed by atoms with van der Waals surface area (Å²) in [4.78, 5) is 25.1. The minimum absolute atomic E-state index is 0. The molecule has 9 heteroatoms. The maximum absolute atomic E-state index is 11.7. The molecule has 0 saturated carbocycles. The molecule has 1 atom stereocenters. The molecule has 0 radical (unpaired) electrons. The molecule has 1 rings (SSSR count). The van der Waals surface area contributed by atoms with E-state index in [2.05, 4.69) is 10.6 Å². The van der Waals surface area contributed by atoms with E-state index < -0.39 is 6.04 Å². The van der Waals surface area contributed by atoms with E-state index in [1.54, 1.807) is 29.2 Å². The number of ether oxygens (including phenoxy) is 1. The van der Waals surface area contributed by atoms with Crippen molar-refractivity contribution in [1.29, 1.82) is 0 Å². The molecular weight excluding hydrogens is 343 g/mol. The maximum Gasteiger partial charge on any atom is 0.243 e. The van der Waals surface area contributed by atoms with Crippen molar-refractivity contribution < 1.29 is 14.3 Å². The second-order valence-corrected chi connectivity index (χ2v) is 4.91. The van der Waals surface area contributed by atoms with Crippen molar-refractivity contribution in [3.05, 3.63) is 24.3 Å². The van der Waals surface area contributed by atoms with Crippen molar-refractivity contribution in [1.82, 2.24) is 4.90 Å². The zero-order valence-corrected chi connectivity index (χ0v) is 15.0. The zero-order valence-electron chi connectivity index (χ0n) is 13.4. The molecule has 1 aromatic carbocycles. The van der Waals surface area contributed by atoms with Crippen molar-refractivity contribution in [2.75, 3.05) is 45.0 Å². The molecule has 0 heterocycles. The van der Waals surface area contributed by atoms with E-state index in [-0.39, 0.29) is 43.2 Å². The molecule has 4 N–H and O–H groups in total. The zero-order chi connectivity index (χ0) is 15.8. The first-order valence-corrected chi connectivity index (χ1v) is 6.52. The van der Waals surface area contributed by atoms with E-state index >= 15 is 0 Å². The predicted octanol–water partition coefficient (Wildman–Crippen LogP) is 0.942. The molecule has 1 unspecified atom stereocenters. The maximum atomic E-state index is 11.7.